The van der Waals surface area contributed by atoms with Crippen LogP contribution in [0.2, 0.25) is 0 Å². The van der Waals surface area contributed by atoms with Crippen molar-refractivity contribution >= 4 is 8.53 Å². The van der Waals surface area contributed by atoms with Crippen molar-refractivity contribution in [2.24, 2.45) is 0 Å². The van der Waals surface area contributed by atoms with Crippen LogP contribution in [0, 0.1) is 12.1 Å². The smallest absolute Gasteiger partial charge is 0.0714 e. The zero-order chi connectivity index (χ0) is 4.28. The van der Waals surface area contributed by atoms with Crippen LogP contribution in [-0.2, 0) is 0 Å². The van der Waals surface area contributed by atoms with Gasteiger partial charge < -0.3 is 0 Å². The Balaban J connectivity index is 2.94. The molecule has 0 heterocycles. The average molecular weight is 74.1 g/mol. The number of rotatable bonds is 0. The van der Waals surface area contributed by atoms with E-state index in [1.54, 1.807) is 6.66 Å². The molecule has 0 fully saturated rings. The van der Waals surface area contributed by atoms with Crippen LogP contribution in [0.3, 0.4) is 0 Å². The van der Waals surface area contributed by atoms with Gasteiger partial charge in [0.1, 0.15) is 0 Å². The van der Waals surface area contributed by atoms with Crippen molar-refractivity contribution in [2.75, 3.05) is 6.66 Å². The second kappa shape index (κ2) is 2.99. The fourth-order valence-corrected chi connectivity index (χ4v) is 0. The fourth-order valence-electron chi connectivity index (χ4n) is 0. The van der Waals surface area contributed by atoms with E-state index in [0.717, 1.165) is 0 Å². The van der Waals surface area contributed by atoms with E-state index >= 15 is 0 Å². The van der Waals surface area contributed by atoms with Gasteiger partial charge in [-0.05, 0) is 15.2 Å². The van der Waals surface area contributed by atoms with Gasteiger partial charge in [0.2, 0.25) is 0 Å². The minimum absolute atomic E-state index is 0.820. The maximum Gasteiger partial charge on any atom is 0.0714 e. The normalized spacial score (nSPS) is 16.5. The van der Waals surface area contributed by atoms with Crippen LogP contribution < -0.4 is 0 Å². The van der Waals surface area contributed by atoms with Crippen LogP contribution in [0.4, 0.5) is 0 Å². The standard InChI is InChI=1S/C3H5P/c1-3-4-2/h1,4H,2H3/i4T. The molecule has 0 radical (unpaired) electrons. The molecule has 1 atom stereocenters. The van der Waals surface area contributed by atoms with Crippen LogP contribution in [0.1, 0.15) is 0 Å². The van der Waals surface area contributed by atoms with E-state index in [1.807, 2.05) is 0 Å². The second-order valence-electron chi connectivity index (χ2n) is 0.353. The van der Waals surface area contributed by atoms with Gasteiger partial charge >= 0.3 is 0 Å². The molecule has 0 rings (SSSR count). The van der Waals surface area contributed by atoms with E-state index in [1.165, 1.54) is 0 Å². The molecule has 0 aliphatic carbocycles. The van der Waals surface area contributed by atoms with E-state index in [9.17, 15) is 0 Å². The first-order chi connectivity index (χ1) is 2.27. The summed E-state index contributed by atoms with van der Waals surface area (Å²) in [5.74, 6) is 0. The predicted molar refractivity (Wildman–Crippen MR) is 23.1 cm³/mol. The third-order valence-electron chi connectivity index (χ3n) is 0.129. The van der Waals surface area contributed by atoms with E-state index in [0.29, 0.717) is 0 Å². The number of terminal acetylenes is 1. The van der Waals surface area contributed by atoms with Crippen LogP contribution >= 0.6 is 8.53 Å². The van der Waals surface area contributed by atoms with E-state index in [4.69, 9.17) is 7.70 Å². The molecule has 0 aliphatic rings. The van der Waals surface area contributed by atoms with Gasteiger partial charge in [-0.25, -0.2) is 0 Å². The first-order valence-corrected chi connectivity index (χ1v) is 2.30. The van der Waals surface area contributed by atoms with Crippen molar-refractivity contribution in [1.29, 1.82) is 1.28 Å². The van der Waals surface area contributed by atoms with Crippen molar-refractivity contribution in [2.45, 2.75) is 0 Å². The molecule has 0 spiro atoms. The first kappa shape index (κ1) is 2.24. The number of hydrogen-bond acceptors (Lipinski definition) is 0. The molecule has 0 saturated heterocycles. The predicted octanol–water partition coefficient (Wildman–Crippen LogP) is 0.885. The molecule has 0 bridgehead atoms. The fraction of sp³-hybridized carbons (Fsp3) is 0.333. The zero-order valence-corrected chi connectivity index (χ0v) is 3.42. The molecule has 0 aromatic rings. The topological polar surface area (TPSA) is 0 Å². The van der Waals surface area contributed by atoms with Gasteiger partial charge in [-0.3, -0.25) is 0 Å². The summed E-state index contributed by atoms with van der Waals surface area (Å²) in [6.45, 7) is 1.72. The Labute approximate surface area is 29.7 Å². The summed E-state index contributed by atoms with van der Waals surface area (Å²) in [6.07, 6.45) is 4.76. The van der Waals surface area contributed by atoms with Crippen molar-refractivity contribution in [1.82, 2.24) is 0 Å². The third kappa shape index (κ3) is 1.99. The van der Waals surface area contributed by atoms with Gasteiger partial charge in [0.25, 0.3) is 0 Å². The highest BCUT2D eigenvalue weighted by molar-refractivity contribution is 7.42. The largest absolute Gasteiger partial charge is 0.116 e. The first-order valence-electron chi connectivity index (χ1n) is 1.41. The molecule has 1 heteroatoms. The van der Waals surface area contributed by atoms with Crippen LogP contribution in [0.5, 0.6) is 0 Å². The minimum Gasteiger partial charge on any atom is -0.116 e. The molecule has 4 heavy (non-hydrogen) atoms. The monoisotopic (exact) mass is 74.0 g/mol. The van der Waals surface area contributed by atoms with E-state index < -0.39 is 8.53 Å². The Hall–Kier alpha value is -0.0100. The summed E-state index contributed by atoms with van der Waals surface area (Å²) in [5.41, 5.74) is 2.26. The van der Waals surface area contributed by atoms with Gasteiger partial charge in [0, 0.05) is 0 Å². The molecule has 0 amide bonds. The molecule has 22 valence electrons. The lowest BCUT2D eigenvalue weighted by molar-refractivity contribution is 2.48. The summed E-state index contributed by atoms with van der Waals surface area (Å²) < 4.78 is 6.66. The molecule has 0 N–H and O–H groups in total. The van der Waals surface area contributed by atoms with Gasteiger partial charge in [0.15, 0.2) is 0 Å². The van der Waals surface area contributed by atoms with E-state index in [-0.39, 0.29) is 0 Å². The summed E-state index contributed by atoms with van der Waals surface area (Å²) in [6, 6.07) is 0. The Kier molecular flexibility index (Phi) is 1.67. The quantitative estimate of drug-likeness (QED) is 0.295. The molecule has 0 nitrogen and oxygen atoms in total. The maximum absolute atomic E-state index is 6.66. The van der Waals surface area contributed by atoms with Gasteiger partial charge in [0.05, 0.1) is 1.28 Å². The molecule has 0 saturated carbocycles. The maximum atomic E-state index is 6.66. The van der Waals surface area contributed by atoms with Crippen molar-refractivity contribution in [3.8, 4) is 12.1 Å². The number of hydrogen-bond donors (Lipinski definition) is 0. The Morgan fingerprint density at radius 3 is 2.75 bits per heavy atom. The summed E-state index contributed by atoms with van der Waals surface area (Å²) >= 11 is 0. The summed E-state index contributed by atoms with van der Waals surface area (Å²) in [5, 5.41) is 0. The SMILES string of the molecule is [3H]P(C)C#C. The molecule has 0 aromatic carbocycles. The Morgan fingerprint density at radius 2 is 2.75 bits per heavy atom. The van der Waals surface area contributed by atoms with Crippen molar-refractivity contribution in [3.05, 3.63) is 0 Å². The highest BCUT2D eigenvalue weighted by Crippen LogP contribution is 1.91. The summed E-state index contributed by atoms with van der Waals surface area (Å²) in [4.78, 5) is 0. The highest BCUT2D eigenvalue weighted by atomic mass is 31.1. The van der Waals surface area contributed by atoms with Crippen LogP contribution in [0.15, 0.2) is 0 Å². The highest BCUT2D eigenvalue weighted by Gasteiger charge is 1.42. The van der Waals surface area contributed by atoms with Gasteiger partial charge in [-0.1, -0.05) is 5.66 Å². The average Bonchev–Trinajstić information content (AvgIpc) is 1.38. The van der Waals surface area contributed by atoms with E-state index in [2.05, 4.69) is 5.66 Å². The molecule has 1 unspecified atom stereocenters. The lowest BCUT2D eigenvalue weighted by Gasteiger charge is -1.53. The molecular formula is C3H5P. The van der Waals surface area contributed by atoms with Crippen LogP contribution in [0.25, 0.3) is 0 Å². The van der Waals surface area contributed by atoms with Gasteiger partial charge in [-0.15, -0.1) is 6.42 Å². The minimum atomic E-state index is -0.820. The van der Waals surface area contributed by atoms with Crippen molar-refractivity contribution < 1.29 is 0 Å². The molecular weight excluding hydrogens is 67.0 g/mol. The third-order valence-corrected chi connectivity index (χ3v) is 0.387. The lowest BCUT2D eigenvalue weighted by Crippen LogP contribution is -1.21. The zero-order valence-electron chi connectivity index (χ0n) is 3.52. The Bertz CT molecular complexity index is 52.4. The van der Waals surface area contributed by atoms with Gasteiger partial charge in [-0.2, -0.15) is 0 Å². The molecule has 0 aromatic heterocycles. The lowest BCUT2D eigenvalue weighted by atomic mass is 11.4. The van der Waals surface area contributed by atoms with Crippen LogP contribution in [-0.4, -0.2) is 7.94 Å². The summed E-state index contributed by atoms with van der Waals surface area (Å²) in [7, 11) is -0.820. The Morgan fingerprint density at radius 1 is 2.50 bits per heavy atom. The van der Waals surface area contributed by atoms with Crippen molar-refractivity contribution in [3.63, 3.8) is 0 Å². The molecule has 0 aliphatic heterocycles. The second-order valence-corrected chi connectivity index (χ2v) is 1.06.